The Balaban J connectivity index is 2.24. The van der Waals surface area contributed by atoms with Gasteiger partial charge in [0.15, 0.2) is 0 Å². The quantitative estimate of drug-likeness (QED) is 0.618. The van der Waals surface area contributed by atoms with Crippen LogP contribution in [0.5, 0.6) is 0 Å². The molecule has 3 heteroatoms. The van der Waals surface area contributed by atoms with Gasteiger partial charge in [-0.1, -0.05) is 0 Å². The van der Waals surface area contributed by atoms with E-state index in [1.165, 1.54) is 19.6 Å². The van der Waals surface area contributed by atoms with Crippen LogP contribution >= 0.6 is 23.5 Å². The average Bonchev–Trinajstić information content (AvgIpc) is 2.49. The summed E-state index contributed by atoms with van der Waals surface area (Å²) >= 11 is 4.41. The fourth-order valence-electron chi connectivity index (χ4n) is 1.02. The third kappa shape index (κ3) is 2.16. The Morgan fingerprint density at radius 1 is 1.00 bits per heavy atom. The average molecular weight is 273 g/mol. The van der Waals surface area contributed by atoms with Crippen LogP contribution in [-0.2, 0) is 0 Å². The summed E-state index contributed by atoms with van der Waals surface area (Å²) in [5, 5.41) is 0. The van der Waals surface area contributed by atoms with Crippen molar-refractivity contribution >= 4 is 38.5 Å². The summed E-state index contributed by atoms with van der Waals surface area (Å²) in [4.78, 5) is 7.45. The van der Waals surface area contributed by atoms with Crippen molar-refractivity contribution < 1.29 is 0 Å². The molecule has 0 fully saturated rings. The summed E-state index contributed by atoms with van der Waals surface area (Å²) in [6.45, 7) is 4.39. The van der Waals surface area contributed by atoms with Crippen molar-refractivity contribution in [1.29, 1.82) is 0 Å². The SMILES string of the molecule is CC1=C(C)SC(=C2C=C[Se]C=C2)S1. The maximum atomic E-state index is 2.28. The van der Waals surface area contributed by atoms with E-state index in [9.17, 15) is 0 Å². The molecule has 2 rings (SSSR count). The summed E-state index contributed by atoms with van der Waals surface area (Å²) < 4.78 is 1.44. The number of rotatable bonds is 0. The number of hydrogen-bond acceptors (Lipinski definition) is 2. The van der Waals surface area contributed by atoms with Gasteiger partial charge in [-0.3, -0.25) is 0 Å². The van der Waals surface area contributed by atoms with Crippen LogP contribution in [0.4, 0.5) is 0 Å². The van der Waals surface area contributed by atoms with Crippen LogP contribution in [0.2, 0.25) is 0 Å². The molecule has 0 atom stereocenters. The molecule has 2 heterocycles. The minimum absolute atomic E-state index is 0.593. The van der Waals surface area contributed by atoms with Crippen molar-refractivity contribution in [1.82, 2.24) is 0 Å². The van der Waals surface area contributed by atoms with E-state index in [-0.39, 0.29) is 0 Å². The van der Waals surface area contributed by atoms with Gasteiger partial charge in [-0.15, -0.1) is 0 Å². The summed E-state index contributed by atoms with van der Waals surface area (Å²) in [7, 11) is 0. The van der Waals surface area contributed by atoms with Crippen LogP contribution in [0.25, 0.3) is 0 Å². The van der Waals surface area contributed by atoms with Crippen molar-refractivity contribution in [2.24, 2.45) is 0 Å². The Bertz CT molecular complexity index is 318. The van der Waals surface area contributed by atoms with E-state index in [1.54, 1.807) is 0 Å². The molecule has 0 aliphatic carbocycles. The first-order chi connectivity index (χ1) is 6.27. The summed E-state index contributed by atoms with van der Waals surface area (Å²) in [6.07, 6.45) is 4.50. The Morgan fingerprint density at radius 3 is 2.08 bits per heavy atom. The second-order valence-electron chi connectivity index (χ2n) is 2.80. The number of hydrogen-bond donors (Lipinski definition) is 0. The molecule has 2 aliphatic rings. The van der Waals surface area contributed by atoms with Gasteiger partial charge in [0, 0.05) is 0 Å². The maximum absolute atomic E-state index is 2.28. The number of thioether (sulfide) groups is 2. The topological polar surface area (TPSA) is 0 Å². The monoisotopic (exact) mass is 274 g/mol. The van der Waals surface area contributed by atoms with Gasteiger partial charge < -0.3 is 0 Å². The summed E-state index contributed by atoms with van der Waals surface area (Å²) in [5.74, 6) is 0. The van der Waals surface area contributed by atoms with E-state index in [2.05, 4.69) is 35.9 Å². The zero-order valence-corrected chi connectivity index (χ0v) is 10.9. The van der Waals surface area contributed by atoms with Gasteiger partial charge >= 0.3 is 94.0 Å². The van der Waals surface area contributed by atoms with Crippen LogP contribution in [0.15, 0.2) is 41.7 Å². The standard InChI is InChI=1S/C10H10S2Se/c1-7-8(2)12-10(11-7)9-3-5-13-6-4-9/h3-6H,1-2H3. The molecule has 0 radical (unpaired) electrons. The van der Waals surface area contributed by atoms with Gasteiger partial charge in [0.2, 0.25) is 0 Å². The molecule has 0 saturated carbocycles. The fraction of sp³-hybridized carbons (Fsp3) is 0.200. The molecule has 0 saturated heterocycles. The molecule has 0 unspecified atom stereocenters. The Morgan fingerprint density at radius 2 is 1.54 bits per heavy atom. The van der Waals surface area contributed by atoms with Gasteiger partial charge in [-0.2, -0.15) is 0 Å². The zero-order valence-electron chi connectivity index (χ0n) is 7.53. The number of allylic oxidation sites excluding steroid dienone is 5. The summed E-state index contributed by atoms with van der Waals surface area (Å²) in [5.41, 5.74) is 1.39. The van der Waals surface area contributed by atoms with Crippen LogP contribution in [0, 0.1) is 0 Å². The van der Waals surface area contributed by atoms with Gasteiger partial charge in [-0.25, -0.2) is 0 Å². The van der Waals surface area contributed by atoms with E-state index >= 15 is 0 Å². The predicted molar refractivity (Wildman–Crippen MR) is 64.6 cm³/mol. The van der Waals surface area contributed by atoms with E-state index in [1.807, 2.05) is 23.5 Å². The molecule has 0 amide bonds. The predicted octanol–water partition coefficient (Wildman–Crippen LogP) is 3.67. The van der Waals surface area contributed by atoms with E-state index in [4.69, 9.17) is 0 Å². The Kier molecular flexibility index (Phi) is 3.10. The zero-order chi connectivity index (χ0) is 9.26. The Labute approximate surface area is 93.8 Å². The van der Waals surface area contributed by atoms with E-state index in [0.29, 0.717) is 15.0 Å². The second kappa shape index (κ2) is 4.14. The first kappa shape index (κ1) is 9.72. The van der Waals surface area contributed by atoms with Crippen LogP contribution < -0.4 is 0 Å². The second-order valence-corrected chi connectivity index (χ2v) is 7.22. The normalized spacial score (nSPS) is 22.0. The molecule has 0 bridgehead atoms. The van der Waals surface area contributed by atoms with E-state index < -0.39 is 0 Å². The third-order valence-electron chi connectivity index (χ3n) is 1.88. The van der Waals surface area contributed by atoms with E-state index in [0.717, 1.165) is 0 Å². The molecule has 2 aliphatic heterocycles. The Hall–Kier alpha value is 0.179. The molecule has 68 valence electrons. The third-order valence-corrected chi connectivity index (χ3v) is 5.80. The minimum atomic E-state index is 0.593. The van der Waals surface area contributed by atoms with Crippen LogP contribution in [0.1, 0.15) is 13.8 Å². The van der Waals surface area contributed by atoms with Gasteiger partial charge in [0.05, 0.1) is 0 Å². The van der Waals surface area contributed by atoms with Crippen molar-refractivity contribution in [3.63, 3.8) is 0 Å². The van der Waals surface area contributed by atoms with Crippen molar-refractivity contribution in [3.05, 3.63) is 41.7 Å². The first-order valence-electron chi connectivity index (χ1n) is 4.03. The summed E-state index contributed by atoms with van der Waals surface area (Å²) in [6, 6.07) is 0. The van der Waals surface area contributed by atoms with Crippen molar-refractivity contribution in [3.8, 4) is 0 Å². The van der Waals surface area contributed by atoms with Gasteiger partial charge in [0.25, 0.3) is 0 Å². The fourth-order valence-corrected chi connectivity index (χ4v) is 4.68. The molecule has 0 N–H and O–H groups in total. The molecule has 13 heavy (non-hydrogen) atoms. The first-order valence-corrected chi connectivity index (χ1v) is 7.64. The molecular weight excluding hydrogens is 263 g/mol. The van der Waals surface area contributed by atoms with Crippen molar-refractivity contribution in [2.75, 3.05) is 0 Å². The molecule has 0 aromatic rings. The van der Waals surface area contributed by atoms with Crippen LogP contribution in [-0.4, -0.2) is 15.0 Å². The molecule has 0 nitrogen and oxygen atoms in total. The molecule has 0 aromatic carbocycles. The van der Waals surface area contributed by atoms with Gasteiger partial charge in [0.1, 0.15) is 0 Å². The molecular formula is C10H10S2Se. The van der Waals surface area contributed by atoms with Gasteiger partial charge in [-0.05, 0) is 0 Å². The molecule has 0 spiro atoms. The van der Waals surface area contributed by atoms with Crippen molar-refractivity contribution in [2.45, 2.75) is 13.8 Å². The van der Waals surface area contributed by atoms with Crippen LogP contribution in [0.3, 0.4) is 0 Å². The molecule has 0 aromatic heterocycles.